The number of hydrogen-bond acceptors (Lipinski definition) is 3. The van der Waals surface area contributed by atoms with E-state index in [-0.39, 0.29) is 15.6 Å². The Bertz CT molecular complexity index is 1310. The fraction of sp³-hybridized carbons (Fsp3) is 0.0909. The van der Waals surface area contributed by atoms with E-state index in [4.69, 9.17) is 23.2 Å². The number of halogens is 2. The van der Waals surface area contributed by atoms with Crippen molar-refractivity contribution in [1.29, 1.82) is 0 Å². The van der Waals surface area contributed by atoms with E-state index in [1.54, 1.807) is 54.6 Å². The molecule has 0 bridgehead atoms. The standard InChI is InChI=1S/C22H17Cl2NO3S/c1-22(26,18-12-11-16(23)14-19(18)24)21-13-15-7-5-6-10-20(15)25(21)29(27,28)17-8-3-2-4-9-17/h2-14,26H,1H3. The highest BCUT2D eigenvalue weighted by atomic mass is 35.5. The van der Waals surface area contributed by atoms with Gasteiger partial charge in [0.05, 0.1) is 16.1 Å². The molecule has 4 aromatic rings. The zero-order chi connectivity index (χ0) is 20.8. The van der Waals surface area contributed by atoms with Crippen LogP contribution < -0.4 is 0 Å². The quantitative estimate of drug-likeness (QED) is 0.454. The van der Waals surface area contributed by atoms with Gasteiger partial charge in [-0.1, -0.05) is 65.7 Å². The van der Waals surface area contributed by atoms with Crippen molar-refractivity contribution < 1.29 is 13.5 Å². The molecule has 1 N–H and O–H groups in total. The van der Waals surface area contributed by atoms with E-state index in [1.165, 1.54) is 29.1 Å². The molecule has 0 amide bonds. The first-order chi connectivity index (χ1) is 13.7. The van der Waals surface area contributed by atoms with E-state index >= 15 is 0 Å². The van der Waals surface area contributed by atoms with Crippen LogP contribution in [0.5, 0.6) is 0 Å². The summed E-state index contributed by atoms with van der Waals surface area (Å²) in [6, 6.07) is 21.6. The molecule has 0 saturated heterocycles. The number of para-hydroxylation sites is 1. The van der Waals surface area contributed by atoms with Gasteiger partial charge in [-0.3, -0.25) is 0 Å². The minimum absolute atomic E-state index is 0.126. The molecule has 0 aliphatic rings. The molecule has 29 heavy (non-hydrogen) atoms. The summed E-state index contributed by atoms with van der Waals surface area (Å²) in [5.74, 6) is 0. The summed E-state index contributed by atoms with van der Waals surface area (Å²) < 4.78 is 28.3. The molecule has 1 unspecified atom stereocenters. The van der Waals surface area contributed by atoms with Crippen molar-refractivity contribution in [2.45, 2.75) is 17.4 Å². The Morgan fingerprint density at radius 3 is 2.24 bits per heavy atom. The average molecular weight is 446 g/mol. The van der Waals surface area contributed by atoms with Crippen LogP contribution in [0.3, 0.4) is 0 Å². The van der Waals surface area contributed by atoms with Gasteiger partial charge in [0.15, 0.2) is 0 Å². The number of nitrogens with zero attached hydrogens (tertiary/aromatic N) is 1. The van der Waals surface area contributed by atoms with Gasteiger partial charge in [-0.15, -0.1) is 0 Å². The van der Waals surface area contributed by atoms with Gasteiger partial charge in [-0.05, 0) is 43.3 Å². The summed E-state index contributed by atoms with van der Waals surface area (Å²) in [5, 5.41) is 12.9. The molecule has 0 fully saturated rings. The number of fused-ring (bicyclic) bond motifs is 1. The molecular formula is C22H17Cl2NO3S. The summed E-state index contributed by atoms with van der Waals surface area (Å²) in [6.45, 7) is 1.52. The third kappa shape index (κ3) is 3.34. The fourth-order valence-electron chi connectivity index (χ4n) is 3.45. The summed E-state index contributed by atoms with van der Waals surface area (Å²) >= 11 is 12.3. The van der Waals surface area contributed by atoms with Crippen LogP contribution in [0.4, 0.5) is 0 Å². The molecule has 4 nitrogen and oxygen atoms in total. The van der Waals surface area contributed by atoms with Crippen LogP contribution in [0, 0.1) is 0 Å². The maximum Gasteiger partial charge on any atom is 0.268 e. The molecule has 4 rings (SSSR count). The van der Waals surface area contributed by atoms with Crippen molar-refractivity contribution in [1.82, 2.24) is 3.97 Å². The van der Waals surface area contributed by atoms with Crippen molar-refractivity contribution in [3.8, 4) is 0 Å². The molecule has 0 saturated carbocycles. The van der Waals surface area contributed by atoms with Crippen LogP contribution in [0.2, 0.25) is 10.0 Å². The van der Waals surface area contributed by atoms with Gasteiger partial charge < -0.3 is 5.11 Å². The molecular weight excluding hydrogens is 429 g/mol. The number of aromatic nitrogens is 1. The predicted octanol–water partition coefficient (Wildman–Crippen LogP) is 5.44. The Morgan fingerprint density at radius 1 is 0.897 bits per heavy atom. The molecule has 148 valence electrons. The Hall–Kier alpha value is -2.31. The minimum atomic E-state index is -3.98. The van der Waals surface area contributed by atoms with Gasteiger partial charge in [0.25, 0.3) is 10.0 Å². The highest BCUT2D eigenvalue weighted by molar-refractivity contribution is 7.90. The topological polar surface area (TPSA) is 59.3 Å². The molecule has 1 aromatic heterocycles. The Labute approximate surface area is 179 Å². The van der Waals surface area contributed by atoms with E-state index in [1.807, 2.05) is 6.07 Å². The molecule has 0 spiro atoms. The number of hydrogen-bond donors (Lipinski definition) is 1. The maximum atomic E-state index is 13.5. The molecule has 0 aliphatic carbocycles. The van der Waals surface area contributed by atoms with E-state index in [0.29, 0.717) is 21.5 Å². The lowest BCUT2D eigenvalue weighted by Crippen LogP contribution is -2.29. The Morgan fingerprint density at radius 2 is 1.55 bits per heavy atom. The highest BCUT2D eigenvalue weighted by Crippen LogP contribution is 2.39. The van der Waals surface area contributed by atoms with Crippen LogP contribution in [0.1, 0.15) is 18.2 Å². The van der Waals surface area contributed by atoms with Crippen LogP contribution in [-0.4, -0.2) is 17.5 Å². The summed E-state index contributed by atoms with van der Waals surface area (Å²) in [6.07, 6.45) is 0. The summed E-state index contributed by atoms with van der Waals surface area (Å²) in [4.78, 5) is 0.126. The normalized spacial score (nSPS) is 14.1. The monoisotopic (exact) mass is 445 g/mol. The lowest BCUT2D eigenvalue weighted by Gasteiger charge is -2.27. The average Bonchev–Trinajstić information content (AvgIpc) is 3.10. The Balaban J connectivity index is 2.05. The van der Waals surface area contributed by atoms with E-state index in [0.717, 1.165) is 0 Å². The highest BCUT2D eigenvalue weighted by Gasteiger charge is 2.36. The predicted molar refractivity (Wildman–Crippen MR) is 116 cm³/mol. The zero-order valence-electron chi connectivity index (χ0n) is 15.4. The number of benzene rings is 3. The molecule has 1 atom stereocenters. The second kappa shape index (κ2) is 7.18. The first-order valence-corrected chi connectivity index (χ1v) is 11.0. The fourth-order valence-corrected chi connectivity index (χ4v) is 5.67. The van der Waals surface area contributed by atoms with Crippen molar-refractivity contribution in [2.75, 3.05) is 0 Å². The zero-order valence-corrected chi connectivity index (χ0v) is 17.7. The first kappa shape index (κ1) is 20.0. The van der Waals surface area contributed by atoms with E-state index in [2.05, 4.69) is 0 Å². The van der Waals surface area contributed by atoms with Gasteiger partial charge in [-0.25, -0.2) is 12.4 Å². The van der Waals surface area contributed by atoms with Gasteiger partial charge in [0.2, 0.25) is 0 Å². The van der Waals surface area contributed by atoms with Crippen LogP contribution in [0.15, 0.2) is 83.8 Å². The molecule has 7 heteroatoms. The van der Waals surface area contributed by atoms with Crippen LogP contribution in [-0.2, 0) is 15.6 Å². The lowest BCUT2D eigenvalue weighted by molar-refractivity contribution is 0.0970. The van der Waals surface area contributed by atoms with E-state index in [9.17, 15) is 13.5 Å². The van der Waals surface area contributed by atoms with Crippen LogP contribution >= 0.6 is 23.2 Å². The molecule has 3 aromatic carbocycles. The van der Waals surface area contributed by atoms with Crippen molar-refractivity contribution in [3.05, 3.63) is 100 Å². The second-order valence-corrected chi connectivity index (χ2v) is 9.50. The molecule has 0 aliphatic heterocycles. The SMILES string of the molecule is CC(O)(c1ccc(Cl)cc1Cl)c1cc2ccccc2n1S(=O)(=O)c1ccccc1. The van der Waals surface area contributed by atoms with Gasteiger partial charge in [0, 0.05) is 21.0 Å². The smallest absolute Gasteiger partial charge is 0.268 e. The van der Waals surface area contributed by atoms with Gasteiger partial charge in [0.1, 0.15) is 5.60 Å². The van der Waals surface area contributed by atoms with Crippen molar-refractivity contribution >= 4 is 44.1 Å². The lowest BCUT2D eigenvalue weighted by atomic mass is 9.92. The maximum absolute atomic E-state index is 13.5. The van der Waals surface area contributed by atoms with Crippen molar-refractivity contribution in [3.63, 3.8) is 0 Å². The number of aliphatic hydroxyl groups is 1. The van der Waals surface area contributed by atoms with E-state index < -0.39 is 15.6 Å². The largest absolute Gasteiger partial charge is 0.379 e. The third-order valence-corrected chi connectivity index (χ3v) is 7.19. The van der Waals surface area contributed by atoms with Gasteiger partial charge >= 0.3 is 0 Å². The van der Waals surface area contributed by atoms with Gasteiger partial charge in [-0.2, -0.15) is 0 Å². The summed E-state index contributed by atoms with van der Waals surface area (Å²) in [5.41, 5.74) is -0.679. The Kier molecular flexibility index (Phi) is 4.95. The third-order valence-electron chi connectivity index (χ3n) is 4.90. The minimum Gasteiger partial charge on any atom is -0.379 e. The second-order valence-electron chi connectivity index (χ2n) is 6.87. The molecule has 1 heterocycles. The van der Waals surface area contributed by atoms with Crippen molar-refractivity contribution in [2.24, 2.45) is 0 Å². The molecule has 0 radical (unpaired) electrons. The first-order valence-electron chi connectivity index (χ1n) is 8.82. The number of rotatable bonds is 4. The summed E-state index contributed by atoms with van der Waals surface area (Å²) in [7, 11) is -3.98. The van der Waals surface area contributed by atoms with Crippen LogP contribution in [0.25, 0.3) is 10.9 Å².